The van der Waals surface area contributed by atoms with Crippen molar-refractivity contribution in [1.82, 2.24) is 10.6 Å². The van der Waals surface area contributed by atoms with Crippen LogP contribution in [0.1, 0.15) is 24.0 Å². The summed E-state index contributed by atoms with van der Waals surface area (Å²) in [6, 6.07) is 18.8. The zero-order valence-corrected chi connectivity index (χ0v) is 16.8. The van der Waals surface area contributed by atoms with E-state index in [1.54, 1.807) is 11.3 Å². The van der Waals surface area contributed by atoms with E-state index < -0.39 is 0 Å². The molecule has 3 aromatic rings. The number of carbonyl (C=O) groups is 1. The van der Waals surface area contributed by atoms with Gasteiger partial charge >= 0.3 is 6.03 Å². The molecule has 2 aromatic carbocycles. The zero-order chi connectivity index (χ0) is 19.2. The van der Waals surface area contributed by atoms with Crippen molar-refractivity contribution in [2.75, 3.05) is 26.3 Å². The van der Waals surface area contributed by atoms with Crippen molar-refractivity contribution in [2.45, 2.75) is 24.7 Å². The van der Waals surface area contributed by atoms with Crippen molar-refractivity contribution < 1.29 is 9.53 Å². The molecule has 4 nitrogen and oxygen atoms in total. The maximum Gasteiger partial charge on any atom is 0.314 e. The Morgan fingerprint density at radius 2 is 1.75 bits per heavy atom. The first-order valence-corrected chi connectivity index (χ1v) is 10.7. The van der Waals surface area contributed by atoms with E-state index in [1.165, 1.54) is 21.2 Å². The highest BCUT2D eigenvalue weighted by Crippen LogP contribution is 2.34. The first kappa shape index (κ1) is 19.0. The second-order valence-corrected chi connectivity index (χ2v) is 8.29. The van der Waals surface area contributed by atoms with Crippen molar-refractivity contribution in [2.24, 2.45) is 0 Å². The molecule has 0 saturated carbocycles. The van der Waals surface area contributed by atoms with E-state index in [-0.39, 0.29) is 11.4 Å². The number of ether oxygens (including phenoxy) is 1. The third-order valence-electron chi connectivity index (χ3n) is 5.66. The van der Waals surface area contributed by atoms with Gasteiger partial charge in [-0.05, 0) is 47.2 Å². The van der Waals surface area contributed by atoms with Crippen LogP contribution in [0.25, 0.3) is 10.1 Å². The average molecular weight is 395 g/mol. The molecule has 0 unspecified atom stereocenters. The van der Waals surface area contributed by atoms with Crippen molar-refractivity contribution in [3.05, 3.63) is 71.1 Å². The minimum atomic E-state index is -0.0960. The van der Waals surface area contributed by atoms with Crippen LogP contribution in [0, 0.1) is 0 Å². The first-order valence-electron chi connectivity index (χ1n) is 9.87. The molecular formula is C23H26N2O2S. The second kappa shape index (κ2) is 8.76. The lowest BCUT2D eigenvalue weighted by Gasteiger charge is -2.38. The van der Waals surface area contributed by atoms with Crippen LogP contribution < -0.4 is 10.6 Å². The number of rotatable bonds is 6. The molecule has 4 rings (SSSR count). The fraction of sp³-hybridized carbons (Fsp3) is 0.348. The standard InChI is InChI=1S/C23H26N2O2S/c26-22(24-13-10-18-16-28-21-9-5-4-8-20(18)21)25-17-23(11-14-27-15-12-23)19-6-2-1-3-7-19/h1-9,16H,10-15,17H2,(H2,24,25,26). The molecular weight excluding hydrogens is 368 g/mol. The highest BCUT2D eigenvalue weighted by Gasteiger charge is 2.34. The van der Waals surface area contributed by atoms with Crippen molar-refractivity contribution >= 4 is 27.5 Å². The topological polar surface area (TPSA) is 50.4 Å². The van der Waals surface area contributed by atoms with E-state index in [1.807, 2.05) is 6.07 Å². The third-order valence-corrected chi connectivity index (χ3v) is 6.68. The molecule has 2 N–H and O–H groups in total. The molecule has 0 aliphatic carbocycles. The van der Waals surface area contributed by atoms with Crippen LogP contribution in [0.5, 0.6) is 0 Å². The normalized spacial score (nSPS) is 16.0. The van der Waals surface area contributed by atoms with Crippen LogP contribution in [-0.4, -0.2) is 32.3 Å². The van der Waals surface area contributed by atoms with Gasteiger partial charge in [-0.2, -0.15) is 0 Å². The van der Waals surface area contributed by atoms with Gasteiger partial charge in [-0.15, -0.1) is 11.3 Å². The van der Waals surface area contributed by atoms with Gasteiger partial charge in [-0.3, -0.25) is 0 Å². The molecule has 1 fully saturated rings. The minimum Gasteiger partial charge on any atom is -0.381 e. The van der Waals surface area contributed by atoms with Gasteiger partial charge in [0, 0.05) is 36.4 Å². The molecule has 0 radical (unpaired) electrons. The predicted octanol–water partition coefficient (Wildman–Crippen LogP) is 4.49. The van der Waals surface area contributed by atoms with Gasteiger partial charge in [0.2, 0.25) is 0 Å². The molecule has 1 aliphatic rings. The van der Waals surface area contributed by atoms with Gasteiger partial charge in [0.15, 0.2) is 0 Å². The molecule has 28 heavy (non-hydrogen) atoms. The van der Waals surface area contributed by atoms with Crippen LogP contribution in [0.2, 0.25) is 0 Å². The smallest absolute Gasteiger partial charge is 0.314 e. The zero-order valence-electron chi connectivity index (χ0n) is 15.9. The Hall–Kier alpha value is -2.37. The summed E-state index contributed by atoms with van der Waals surface area (Å²) in [6.45, 7) is 2.74. The van der Waals surface area contributed by atoms with Crippen LogP contribution in [0.3, 0.4) is 0 Å². The quantitative estimate of drug-likeness (QED) is 0.647. The summed E-state index contributed by atoms with van der Waals surface area (Å²) >= 11 is 1.76. The Balaban J connectivity index is 1.31. The molecule has 1 aliphatic heterocycles. The molecule has 0 atom stereocenters. The number of hydrogen-bond acceptors (Lipinski definition) is 3. The van der Waals surface area contributed by atoms with Gasteiger partial charge in [0.1, 0.15) is 0 Å². The lowest BCUT2D eigenvalue weighted by Crippen LogP contribution is -2.47. The Morgan fingerprint density at radius 3 is 2.57 bits per heavy atom. The highest BCUT2D eigenvalue weighted by molar-refractivity contribution is 7.17. The van der Waals surface area contributed by atoms with Crippen LogP contribution in [0.4, 0.5) is 4.79 Å². The molecule has 146 valence electrons. The van der Waals surface area contributed by atoms with E-state index in [9.17, 15) is 4.79 Å². The molecule has 1 aromatic heterocycles. The summed E-state index contributed by atoms with van der Waals surface area (Å²) in [5.41, 5.74) is 2.54. The van der Waals surface area contributed by atoms with Crippen molar-refractivity contribution in [1.29, 1.82) is 0 Å². The van der Waals surface area contributed by atoms with E-state index in [4.69, 9.17) is 4.74 Å². The summed E-state index contributed by atoms with van der Waals surface area (Å²) in [4.78, 5) is 12.4. The Bertz CT molecular complexity index is 917. The summed E-state index contributed by atoms with van der Waals surface area (Å²) in [5.74, 6) is 0. The predicted molar refractivity (Wildman–Crippen MR) is 115 cm³/mol. The van der Waals surface area contributed by atoms with Gasteiger partial charge in [0.25, 0.3) is 0 Å². The Labute approximate surface area is 169 Å². The molecule has 5 heteroatoms. The number of amides is 2. The number of urea groups is 1. The summed E-state index contributed by atoms with van der Waals surface area (Å²) in [7, 11) is 0. The number of hydrogen-bond donors (Lipinski definition) is 2. The van der Waals surface area contributed by atoms with Gasteiger partial charge in [0.05, 0.1) is 0 Å². The molecule has 2 amide bonds. The van der Waals surface area contributed by atoms with Gasteiger partial charge in [-0.1, -0.05) is 48.5 Å². The number of benzene rings is 2. The minimum absolute atomic E-state index is 0.0413. The van der Waals surface area contributed by atoms with E-state index in [2.05, 4.69) is 64.5 Å². The summed E-state index contributed by atoms with van der Waals surface area (Å²) < 4.78 is 6.86. The molecule has 2 heterocycles. The van der Waals surface area contributed by atoms with Gasteiger partial charge in [-0.25, -0.2) is 4.79 Å². The van der Waals surface area contributed by atoms with Crippen molar-refractivity contribution in [3.63, 3.8) is 0 Å². The van der Waals surface area contributed by atoms with Gasteiger partial charge < -0.3 is 15.4 Å². The fourth-order valence-corrected chi connectivity index (χ4v) is 4.97. The highest BCUT2D eigenvalue weighted by atomic mass is 32.1. The molecule has 0 spiro atoms. The first-order chi connectivity index (χ1) is 13.8. The largest absolute Gasteiger partial charge is 0.381 e. The maximum absolute atomic E-state index is 12.4. The third kappa shape index (κ3) is 4.21. The molecule has 1 saturated heterocycles. The SMILES string of the molecule is O=C(NCCc1csc2ccccc12)NCC1(c2ccccc2)CCOCC1. The van der Waals surface area contributed by atoms with E-state index >= 15 is 0 Å². The maximum atomic E-state index is 12.4. The Morgan fingerprint density at radius 1 is 1.00 bits per heavy atom. The van der Waals surface area contributed by atoms with Crippen LogP contribution in [0.15, 0.2) is 60.0 Å². The number of fused-ring (bicyclic) bond motifs is 1. The summed E-state index contributed by atoms with van der Waals surface area (Å²) in [6.07, 6.45) is 2.70. The molecule has 0 bridgehead atoms. The number of thiophene rings is 1. The lowest BCUT2D eigenvalue weighted by atomic mass is 9.74. The number of nitrogens with one attached hydrogen (secondary N) is 2. The monoisotopic (exact) mass is 394 g/mol. The van der Waals surface area contributed by atoms with Crippen LogP contribution in [-0.2, 0) is 16.6 Å². The summed E-state index contributed by atoms with van der Waals surface area (Å²) in [5, 5.41) is 9.61. The fourth-order valence-electron chi connectivity index (χ4n) is 3.97. The lowest BCUT2D eigenvalue weighted by molar-refractivity contribution is 0.0507. The van der Waals surface area contributed by atoms with E-state index in [0.29, 0.717) is 13.1 Å². The van der Waals surface area contributed by atoms with Crippen molar-refractivity contribution in [3.8, 4) is 0 Å². The Kier molecular flexibility index (Phi) is 5.93. The average Bonchev–Trinajstić information content (AvgIpc) is 3.17. The van der Waals surface area contributed by atoms with E-state index in [0.717, 1.165) is 32.5 Å². The van der Waals surface area contributed by atoms with Crippen LogP contribution >= 0.6 is 11.3 Å². The number of carbonyl (C=O) groups excluding carboxylic acids is 1. The second-order valence-electron chi connectivity index (χ2n) is 7.38.